The summed E-state index contributed by atoms with van der Waals surface area (Å²) in [5.74, 6) is -0.435. The van der Waals surface area contributed by atoms with Crippen LogP contribution in [0.5, 0.6) is 5.75 Å². The molecule has 1 fully saturated rings. The predicted octanol–water partition coefficient (Wildman–Crippen LogP) is 2.19. The first-order valence-electron chi connectivity index (χ1n) is 5.07. The molecule has 6 heteroatoms. The number of carboxylic acids is 1. The van der Waals surface area contributed by atoms with E-state index in [-0.39, 0.29) is 6.42 Å². The topological polar surface area (TPSA) is 58.6 Å². The minimum Gasteiger partial charge on any atom is -0.482 e. The van der Waals surface area contributed by atoms with Gasteiger partial charge in [-0.25, -0.2) is 0 Å². The van der Waals surface area contributed by atoms with Crippen molar-refractivity contribution >= 4 is 29.2 Å². The van der Waals surface area contributed by atoms with E-state index in [9.17, 15) is 4.79 Å². The van der Waals surface area contributed by atoms with Crippen molar-refractivity contribution in [3.05, 3.63) is 28.2 Å². The number of carboxylic acid groups (broad SMARTS) is 1. The zero-order chi connectivity index (χ0) is 12.5. The second kappa shape index (κ2) is 4.72. The lowest BCUT2D eigenvalue weighted by molar-refractivity contribution is -0.143. The molecule has 1 aliphatic rings. The Labute approximate surface area is 108 Å². The van der Waals surface area contributed by atoms with E-state index >= 15 is 0 Å². The third kappa shape index (κ3) is 2.83. The van der Waals surface area contributed by atoms with Gasteiger partial charge in [0, 0.05) is 18.1 Å². The number of rotatable bonds is 4. The summed E-state index contributed by atoms with van der Waals surface area (Å²) in [6, 6.07) is 4.87. The summed E-state index contributed by atoms with van der Waals surface area (Å²) < 4.78 is 5.70. The van der Waals surface area contributed by atoms with E-state index in [1.165, 1.54) is 0 Å². The maximum Gasteiger partial charge on any atom is 0.307 e. The summed E-state index contributed by atoms with van der Waals surface area (Å²) in [7, 11) is 0. The molecule has 0 amide bonds. The van der Waals surface area contributed by atoms with Gasteiger partial charge in [-0.05, 0) is 18.2 Å². The van der Waals surface area contributed by atoms with E-state index in [0.29, 0.717) is 28.9 Å². The lowest BCUT2D eigenvalue weighted by Crippen LogP contribution is -2.64. The fraction of sp³-hybridized carbons (Fsp3) is 0.364. The Morgan fingerprint density at radius 1 is 1.47 bits per heavy atom. The summed E-state index contributed by atoms with van der Waals surface area (Å²) in [4.78, 5) is 10.8. The molecule has 0 aliphatic carbocycles. The molecule has 1 aliphatic heterocycles. The Morgan fingerprint density at radius 2 is 2.18 bits per heavy atom. The molecule has 0 unspecified atom stereocenters. The quantitative estimate of drug-likeness (QED) is 0.885. The zero-order valence-corrected chi connectivity index (χ0v) is 10.4. The molecule has 1 heterocycles. The second-order valence-corrected chi connectivity index (χ2v) is 4.88. The van der Waals surface area contributed by atoms with Gasteiger partial charge in [0.15, 0.2) is 0 Å². The summed E-state index contributed by atoms with van der Waals surface area (Å²) in [6.07, 6.45) is -0.0566. The van der Waals surface area contributed by atoms with Gasteiger partial charge >= 0.3 is 5.97 Å². The molecule has 92 valence electrons. The van der Waals surface area contributed by atoms with Crippen molar-refractivity contribution in [3.63, 3.8) is 0 Å². The van der Waals surface area contributed by atoms with Crippen LogP contribution >= 0.6 is 23.2 Å². The summed E-state index contributed by atoms with van der Waals surface area (Å²) in [5, 5.41) is 12.7. The minimum atomic E-state index is -0.892. The maximum absolute atomic E-state index is 10.8. The molecule has 0 atom stereocenters. The summed E-state index contributed by atoms with van der Waals surface area (Å²) in [5.41, 5.74) is -0.705. The molecule has 0 radical (unpaired) electrons. The van der Waals surface area contributed by atoms with Gasteiger partial charge in [-0.2, -0.15) is 0 Å². The van der Waals surface area contributed by atoms with Crippen molar-refractivity contribution in [3.8, 4) is 5.75 Å². The zero-order valence-electron chi connectivity index (χ0n) is 8.87. The minimum absolute atomic E-state index is 0.0566. The van der Waals surface area contributed by atoms with Crippen LogP contribution in [-0.4, -0.2) is 29.8 Å². The molecular weight excluding hydrogens is 265 g/mol. The Kier molecular flexibility index (Phi) is 3.47. The van der Waals surface area contributed by atoms with Crippen LogP contribution in [0.15, 0.2) is 18.2 Å². The van der Waals surface area contributed by atoms with Crippen molar-refractivity contribution in [2.24, 2.45) is 0 Å². The molecule has 0 spiro atoms. The normalized spacial score (nSPS) is 17.3. The number of aliphatic carboxylic acids is 1. The molecule has 2 N–H and O–H groups in total. The van der Waals surface area contributed by atoms with E-state index in [0.717, 1.165) is 0 Å². The van der Waals surface area contributed by atoms with E-state index in [2.05, 4.69) is 5.32 Å². The smallest absolute Gasteiger partial charge is 0.307 e. The van der Waals surface area contributed by atoms with Gasteiger partial charge in [-0.3, -0.25) is 4.79 Å². The highest BCUT2D eigenvalue weighted by atomic mass is 35.5. The number of ether oxygens (including phenoxy) is 1. The van der Waals surface area contributed by atoms with Crippen molar-refractivity contribution in [2.45, 2.75) is 12.0 Å². The number of halogens is 2. The maximum atomic E-state index is 10.8. The van der Waals surface area contributed by atoms with Gasteiger partial charge < -0.3 is 15.2 Å². The third-order valence-electron chi connectivity index (χ3n) is 2.59. The highest BCUT2D eigenvalue weighted by Gasteiger charge is 2.42. The molecule has 1 saturated heterocycles. The molecule has 0 aromatic heterocycles. The van der Waals surface area contributed by atoms with Gasteiger partial charge in [0.1, 0.15) is 11.4 Å². The van der Waals surface area contributed by atoms with Gasteiger partial charge in [-0.15, -0.1) is 0 Å². The van der Waals surface area contributed by atoms with Crippen LogP contribution in [-0.2, 0) is 4.79 Å². The Morgan fingerprint density at radius 3 is 2.65 bits per heavy atom. The molecule has 1 aromatic rings. The van der Waals surface area contributed by atoms with Crippen LogP contribution in [0, 0.1) is 0 Å². The van der Waals surface area contributed by atoms with Crippen LogP contribution < -0.4 is 10.1 Å². The average molecular weight is 276 g/mol. The Balaban J connectivity index is 2.15. The van der Waals surface area contributed by atoms with Gasteiger partial charge in [0.25, 0.3) is 0 Å². The average Bonchev–Trinajstić information content (AvgIpc) is 2.18. The van der Waals surface area contributed by atoms with Crippen molar-refractivity contribution < 1.29 is 14.6 Å². The molecule has 0 saturated carbocycles. The number of carbonyl (C=O) groups is 1. The van der Waals surface area contributed by atoms with Crippen molar-refractivity contribution in [1.29, 1.82) is 0 Å². The highest BCUT2D eigenvalue weighted by Crippen LogP contribution is 2.32. The monoisotopic (exact) mass is 275 g/mol. The standard InChI is InChI=1S/C11H11Cl2NO3/c12-7-1-2-9(8(13)3-7)17-11(4-10(15)16)5-14-6-11/h1-3,14H,4-6H2,(H,15,16). The SMILES string of the molecule is O=C(O)CC1(Oc2ccc(Cl)cc2Cl)CNC1. The molecule has 2 rings (SSSR count). The van der Waals surface area contributed by atoms with Gasteiger partial charge in [-0.1, -0.05) is 23.2 Å². The highest BCUT2D eigenvalue weighted by molar-refractivity contribution is 6.35. The fourth-order valence-corrected chi connectivity index (χ4v) is 2.15. The fourth-order valence-electron chi connectivity index (χ4n) is 1.70. The molecule has 0 bridgehead atoms. The lowest BCUT2D eigenvalue weighted by Gasteiger charge is -2.41. The van der Waals surface area contributed by atoms with Crippen LogP contribution in [0.1, 0.15) is 6.42 Å². The van der Waals surface area contributed by atoms with E-state index in [1.54, 1.807) is 18.2 Å². The third-order valence-corrected chi connectivity index (χ3v) is 3.12. The Hall–Kier alpha value is -0.970. The van der Waals surface area contributed by atoms with Gasteiger partial charge in [0.2, 0.25) is 0 Å². The van der Waals surface area contributed by atoms with E-state index in [4.69, 9.17) is 33.0 Å². The number of hydrogen-bond donors (Lipinski definition) is 2. The predicted molar refractivity (Wildman–Crippen MR) is 64.9 cm³/mol. The molecular formula is C11H11Cl2NO3. The Bertz CT molecular complexity index is 446. The molecule has 4 nitrogen and oxygen atoms in total. The number of hydrogen-bond acceptors (Lipinski definition) is 3. The van der Waals surface area contributed by atoms with E-state index in [1.807, 2.05) is 0 Å². The first-order valence-corrected chi connectivity index (χ1v) is 5.83. The molecule has 17 heavy (non-hydrogen) atoms. The van der Waals surface area contributed by atoms with Crippen LogP contribution in [0.25, 0.3) is 0 Å². The van der Waals surface area contributed by atoms with Crippen LogP contribution in [0.4, 0.5) is 0 Å². The summed E-state index contributed by atoms with van der Waals surface area (Å²) in [6.45, 7) is 0.997. The van der Waals surface area contributed by atoms with E-state index < -0.39 is 11.6 Å². The van der Waals surface area contributed by atoms with Crippen molar-refractivity contribution in [1.82, 2.24) is 5.32 Å². The lowest BCUT2D eigenvalue weighted by atomic mass is 9.92. The number of nitrogens with one attached hydrogen (secondary N) is 1. The largest absolute Gasteiger partial charge is 0.482 e. The van der Waals surface area contributed by atoms with Crippen LogP contribution in [0.2, 0.25) is 10.0 Å². The first kappa shape index (κ1) is 12.5. The second-order valence-electron chi connectivity index (χ2n) is 4.03. The van der Waals surface area contributed by atoms with Gasteiger partial charge in [0.05, 0.1) is 11.4 Å². The van der Waals surface area contributed by atoms with Crippen molar-refractivity contribution in [2.75, 3.05) is 13.1 Å². The molecule has 1 aromatic carbocycles. The first-order chi connectivity index (χ1) is 8.01. The van der Waals surface area contributed by atoms with Crippen LogP contribution in [0.3, 0.4) is 0 Å². The number of benzene rings is 1. The summed E-state index contributed by atoms with van der Waals surface area (Å²) >= 11 is 11.7.